The molecule has 2 nitrogen and oxygen atoms in total. The van der Waals surface area contributed by atoms with Crippen LogP contribution in [0.4, 0.5) is 18.9 Å². The van der Waals surface area contributed by atoms with Crippen LogP contribution >= 0.6 is 0 Å². The second-order valence-corrected chi connectivity index (χ2v) is 5.64. The zero-order chi connectivity index (χ0) is 15.5. The minimum Gasteiger partial charge on any atom is -0.382 e. The normalized spacial score (nSPS) is 22.6. The minimum atomic E-state index is -4.50. The SMILES string of the molecule is CCC1CCC(Nc2ccc(C#N)c(C(F)(F)F)c2)CC1. The Morgan fingerprint density at radius 1 is 1.24 bits per heavy atom. The molecule has 21 heavy (non-hydrogen) atoms. The zero-order valence-electron chi connectivity index (χ0n) is 12.0. The first-order chi connectivity index (χ1) is 9.94. The molecular formula is C16H19F3N2. The van der Waals surface area contributed by atoms with Gasteiger partial charge in [-0.3, -0.25) is 0 Å². The third kappa shape index (κ3) is 3.90. The van der Waals surface area contributed by atoms with Crippen LogP contribution in [0.25, 0.3) is 0 Å². The van der Waals surface area contributed by atoms with Crippen LogP contribution in [-0.4, -0.2) is 6.04 Å². The van der Waals surface area contributed by atoms with E-state index in [2.05, 4.69) is 12.2 Å². The van der Waals surface area contributed by atoms with Gasteiger partial charge in [-0.15, -0.1) is 0 Å². The number of benzene rings is 1. The molecule has 0 unspecified atom stereocenters. The minimum absolute atomic E-state index is 0.224. The van der Waals surface area contributed by atoms with Crippen molar-refractivity contribution in [2.75, 3.05) is 5.32 Å². The van der Waals surface area contributed by atoms with Crippen molar-refractivity contribution in [2.45, 2.75) is 51.2 Å². The van der Waals surface area contributed by atoms with Gasteiger partial charge < -0.3 is 5.32 Å². The van der Waals surface area contributed by atoms with Crippen LogP contribution in [0, 0.1) is 17.2 Å². The molecule has 5 heteroatoms. The van der Waals surface area contributed by atoms with Gasteiger partial charge in [-0.25, -0.2) is 0 Å². The predicted octanol–water partition coefficient (Wildman–Crippen LogP) is 4.96. The third-order valence-electron chi connectivity index (χ3n) is 4.24. The lowest BCUT2D eigenvalue weighted by atomic mass is 9.84. The van der Waals surface area contributed by atoms with Gasteiger partial charge in [0.05, 0.1) is 17.2 Å². The van der Waals surface area contributed by atoms with Gasteiger partial charge in [-0.2, -0.15) is 18.4 Å². The van der Waals surface area contributed by atoms with E-state index in [0.717, 1.165) is 37.7 Å². The molecule has 1 aliphatic carbocycles. The first-order valence-corrected chi connectivity index (χ1v) is 7.32. The summed E-state index contributed by atoms with van der Waals surface area (Å²) in [5, 5.41) is 12.0. The summed E-state index contributed by atoms with van der Waals surface area (Å²) in [7, 11) is 0. The van der Waals surface area contributed by atoms with Gasteiger partial charge in [-0.05, 0) is 49.8 Å². The van der Waals surface area contributed by atoms with Crippen molar-refractivity contribution in [1.29, 1.82) is 5.26 Å². The number of nitrogens with one attached hydrogen (secondary N) is 1. The molecule has 0 heterocycles. The average molecular weight is 296 g/mol. The highest BCUT2D eigenvalue weighted by Crippen LogP contribution is 2.34. The van der Waals surface area contributed by atoms with Crippen LogP contribution in [0.1, 0.15) is 50.2 Å². The van der Waals surface area contributed by atoms with Crippen molar-refractivity contribution in [3.05, 3.63) is 29.3 Å². The van der Waals surface area contributed by atoms with E-state index in [1.165, 1.54) is 12.5 Å². The Balaban J connectivity index is 2.10. The predicted molar refractivity (Wildman–Crippen MR) is 75.8 cm³/mol. The number of halogens is 3. The fourth-order valence-corrected chi connectivity index (χ4v) is 2.92. The molecule has 0 spiro atoms. The molecule has 1 aromatic rings. The molecule has 1 fully saturated rings. The smallest absolute Gasteiger partial charge is 0.382 e. The molecule has 1 N–H and O–H groups in total. The highest BCUT2D eigenvalue weighted by Gasteiger charge is 2.34. The quantitative estimate of drug-likeness (QED) is 0.856. The Morgan fingerprint density at radius 2 is 1.90 bits per heavy atom. The Morgan fingerprint density at radius 3 is 2.43 bits per heavy atom. The lowest BCUT2D eigenvalue weighted by Gasteiger charge is -2.29. The van der Waals surface area contributed by atoms with Crippen LogP contribution in [0.2, 0.25) is 0 Å². The second-order valence-electron chi connectivity index (χ2n) is 5.64. The Hall–Kier alpha value is -1.70. The summed E-state index contributed by atoms with van der Waals surface area (Å²) in [5.41, 5.74) is -0.749. The summed E-state index contributed by atoms with van der Waals surface area (Å²) in [4.78, 5) is 0. The molecule has 0 radical (unpaired) electrons. The second kappa shape index (κ2) is 6.38. The topological polar surface area (TPSA) is 35.8 Å². The number of rotatable bonds is 3. The summed E-state index contributed by atoms with van der Waals surface area (Å²) < 4.78 is 38.7. The van der Waals surface area contributed by atoms with Gasteiger partial charge in [0.1, 0.15) is 0 Å². The number of hydrogen-bond donors (Lipinski definition) is 1. The monoisotopic (exact) mass is 296 g/mol. The van der Waals surface area contributed by atoms with Gasteiger partial charge in [-0.1, -0.05) is 13.3 Å². The number of nitriles is 1. The molecule has 0 saturated heterocycles. The van der Waals surface area contributed by atoms with Gasteiger partial charge in [0.2, 0.25) is 0 Å². The lowest BCUT2D eigenvalue weighted by Crippen LogP contribution is -2.26. The molecule has 0 amide bonds. The van der Waals surface area contributed by atoms with Crippen molar-refractivity contribution in [3.8, 4) is 6.07 Å². The Kier molecular flexibility index (Phi) is 4.76. The van der Waals surface area contributed by atoms with Crippen LogP contribution in [0.15, 0.2) is 18.2 Å². The van der Waals surface area contributed by atoms with E-state index >= 15 is 0 Å². The Bertz CT molecular complexity index is 523. The average Bonchev–Trinajstić information content (AvgIpc) is 2.47. The molecule has 0 atom stereocenters. The van der Waals surface area contributed by atoms with E-state index in [9.17, 15) is 13.2 Å². The molecule has 0 aliphatic heterocycles. The molecule has 2 rings (SSSR count). The summed E-state index contributed by atoms with van der Waals surface area (Å²) in [5.74, 6) is 0.745. The van der Waals surface area contributed by atoms with Gasteiger partial charge in [0.15, 0.2) is 0 Å². The maximum Gasteiger partial charge on any atom is 0.417 e. The molecule has 0 aromatic heterocycles. The summed E-state index contributed by atoms with van der Waals surface area (Å²) >= 11 is 0. The van der Waals surface area contributed by atoms with Gasteiger partial charge >= 0.3 is 6.18 Å². The first-order valence-electron chi connectivity index (χ1n) is 7.32. The number of hydrogen-bond acceptors (Lipinski definition) is 2. The van der Waals surface area contributed by atoms with Crippen LogP contribution < -0.4 is 5.32 Å². The molecule has 1 aliphatic rings. The standard InChI is InChI=1S/C16H19F3N2/c1-2-11-3-6-13(7-4-11)21-14-8-5-12(10-20)15(9-14)16(17,18)19/h5,8-9,11,13,21H,2-4,6-7H2,1H3. The third-order valence-corrected chi connectivity index (χ3v) is 4.24. The van der Waals surface area contributed by atoms with E-state index < -0.39 is 11.7 Å². The van der Waals surface area contributed by atoms with E-state index in [4.69, 9.17) is 5.26 Å². The molecule has 1 saturated carbocycles. The Labute approximate surface area is 123 Å². The number of nitrogens with zero attached hydrogens (tertiary/aromatic N) is 1. The van der Waals surface area contributed by atoms with Crippen molar-refractivity contribution < 1.29 is 13.2 Å². The van der Waals surface area contributed by atoms with Crippen LogP contribution in [0.3, 0.4) is 0 Å². The van der Waals surface area contributed by atoms with Crippen LogP contribution in [0.5, 0.6) is 0 Å². The van der Waals surface area contributed by atoms with Gasteiger partial charge in [0.25, 0.3) is 0 Å². The van der Waals surface area contributed by atoms with Crippen LogP contribution in [-0.2, 0) is 6.18 Å². The molecular weight excluding hydrogens is 277 g/mol. The lowest BCUT2D eigenvalue weighted by molar-refractivity contribution is -0.137. The maximum atomic E-state index is 12.9. The maximum absolute atomic E-state index is 12.9. The highest BCUT2D eigenvalue weighted by atomic mass is 19.4. The van der Waals surface area contributed by atoms with Crippen molar-refractivity contribution in [2.24, 2.45) is 5.92 Å². The van der Waals surface area contributed by atoms with E-state index in [-0.39, 0.29) is 11.6 Å². The summed E-state index contributed by atoms with van der Waals surface area (Å²) in [6, 6.07) is 5.66. The van der Waals surface area contributed by atoms with E-state index in [1.54, 1.807) is 12.1 Å². The number of alkyl halides is 3. The first kappa shape index (κ1) is 15.7. The fourth-order valence-electron chi connectivity index (χ4n) is 2.92. The van der Waals surface area contributed by atoms with Gasteiger partial charge in [0, 0.05) is 11.7 Å². The molecule has 114 valence electrons. The molecule has 1 aromatic carbocycles. The number of anilines is 1. The van der Waals surface area contributed by atoms with Crippen molar-refractivity contribution >= 4 is 5.69 Å². The summed E-state index contributed by atoms with van der Waals surface area (Å²) in [6.45, 7) is 2.18. The van der Waals surface area contributed by atoms with Crippen molar-refractivity contribution in [3.63, 3.8) is 0 Å². The summed E-state index contributed by atoms with van der Waals surface area (Å²) in [6.07, 6.45) is 0.886. The van der Waals surface area contributed by atoms with E-state index in [0.29, 0.717) is 5.69 Å². The molecule has 0 bridgehead atoms. The van der Waals surface area contributed by atoms with Crippen molar-refractivity contribution in [1.82, 2.24) is 0 Å². The fraction of sp³-hybridized carbons (Fsp3) is 0.562. The largest absolute Gasteiger partial charge is 0.417 e. The zero-order valence-corrected chi connectivity index (χ0v) is 12.0. The van der Waals surface area contributed by atoms with E-state index in [1.807, 2.05) is 0 Å². The highest BCUT2D eigenvalue weighted by molar-refractivity contribution is 5.53.